The highest BCUT2D eigenvalue weighted by Gasteiger charge is 2.46. The van der Waals surface area contributed by atoms with Gasteiger partial charge in [-0.2, -0.15) is 0 Å². The van der Waals surface area contributed by atoms with Crippen molar-refractivity contribution < 1.29 is 49.6 Å². The van der Waals surface area contributed by atoms with Crippen LogP contribution >= 0.6 is 0 Å². The third kappa shape index (κ3) is 3.88. The molecule has 0 aromatic heterocycles. The van der Waals surface area contributed by atoms with Gasteiger partial charge < -0.3 is 49.6 Å². The SMILES string of the molecule is CC[C@H]1OC(OC[C@H]2O[C@@H](OC)[C@H](O)[C@@H](O)[C@@H]2O)[C@H](O)[C@@H](O)[C@@H]1O. The van der Waals surface area contributed by atoms with Crippen LogP contribution in [0.3, 0.4) is 0 Å². The van der Waals surface area contributed by atoms with Gasteiger partial charge in [0.05, 0.1) is 12.7 Å². The summed E-state index contributed by atoms with van der Waals surface area (Å²) in [5.74, 6) is 0. The number of hydrogen-bond donors (Lipinski definition) is 6. The normalized spacial score (nSPS) is 50.0. The van der Waals surface area contributed by atoms with Gasteiger partial charge in [0, 0.05) is 7.11 Å². The Balaban J connectivity index is 1.96. The van der Waals surface area contributed by atoms with Crippen molar-refractivity contribution in [3.05, 3.63) is 0 Å². The number of methoxy groups -OCH3 is 1. The number of rotatable bonds is 5. The molecule has 2 aliphatic heterocycles. The Morgan fingerprint density at radius 2 is 1.21 bits per heavy atom. The van der Waals surface area contributed by atoms with Gasteiger partial charge in [-0.15, -0.1) is 0 Å². The summed E-state index contributed by atoms with van der Waals surface area (Å²) in [6.45, 7) is 1.44. The van der Waals surface area contributed by atoms with Crippen LogP contribution < -0.4 is 0 Å². The van der Waals surface area contributed by atoms with Crippen LogP contribution in [0.4, 0.5) is 0 Å². The van der Waals surface area contributed by atoms with Gasteiger partial charge in [-0.1, -0.05) is 6.92 Å². The summed E-state index contributed by atoms with van der Waals surface area (Å²) in [7, 11) is 1.27. The lowest BCUT2D eigenvalue weighted by atomic mass is 9.97. The second-order valence-corrected chi connectivity index (χ2v) is 6.01. The fourth-order valence-electron chi connectivity index (χ4n) is 2.83. The van der Waals surface area contributed by atoms with Crippen molar-refractivity contribution in [2.24, 2.45) is 0 Å². The molecule has 10 atom stereocenters. The molecular formula is C14H26O10. The largest absolute Gasteiger partial charge is 0.388 e. The number of aliphatic hydroxyl groups is 6. The Morgan fingerprint density at radius 1 is 0.708 bits per heavy atom. The van der Waals surface area contributed by atoms with E-state index in [1.54, 1.807) is 6.92 Å². The lowest BCUT2D eigenvalue weighted by Gasteiger charge is -2.42. The molecule has 0 bridgehead atoms. The average Bonchev–Trinajstić information content (AvgIpc) is 2.58. The molecule has 0 aromatic carbocycles. The molecule has 142 valence electrons. The fraction of sp³-hybridized carbons (Fsp3) is 1.00. The molecule has 0 spiro atoms. The van der Waals surface area contributed by atoms with Crippen LogP contribution in [0.15, 0.2) is 0 Å². The molecule has 10 heteroatoms. The van der Waals surface area contributed by atoms with E-state index in [0.717, 1.165) is 0 Å². The maximum atomic E-state index is 9.95. The molecule has 2 heterocycles. The highest BCUT2D eigenvalue weighted by atomic mass is 16.7. The second-order valence-electron chi connectivity index (χ2n) is 6.01. The van der Waals surface area contributed by atoms with Crippen molar-refractivity contribution in [3.63, 3.8) is 0 Å². The monoisotopic (exact) mass is 354 g/mol. The topological polar surface area (TPSA) is 158 Å². The molecule has 0 amide bonds. The molecule has 1 unspecified atom stereocenters. The van der Waals surface area contributed by atoms with Gasteiger partial charge in [0.25, 0.3) is 0 Å². The van der Waals surface area contributed by atoms with Crippen LogP contribution in [-0.4, -0.2) is 106 Å². The minimum Gasteiger partial charge on any atom is -0.388 e. The van der Waals surface area contributed by atoms with Gasteiger partial charge in [0.1, 0.15) is 42.7 Å². The van der Waals surface area contributed by atoms with Crippen molar-refractivity contribution in [2.45, 2.75) is 74.8 Å². The van der Waals surface area contributed by atoms with Crippen LogP contribution in [0.1, 0.15) is 13.3 Å². The van der Waals surface area contributed by atoms with Crippen LogP contribution in [0.5, 0.6) is 0 Å². The molecule has 24 heavy (non-hydrogen) atoms. The number of ether oxygens (including phenoxy) is 4. The van der Waals surface area contributed by atoms with Crippen LogP contribution in [0, 0.1) is 0 Å². The van der Waals surface area contributed by atoms with E-state index in [1.807, 2.05) is 0 Å². The van der Waals surface area contributed by atoms with Gasteiger partial charge in [-0.3, -0.25) is 0 Å². The lowest BCUT2D eigenvalue weighted by molar-refractivity contribution is -0.326. The first kappa shape index (κ1) is 19.9. The van der Waals surface area contributed by atoms with Crippen LogP contribution in [0.2, 0.25) is 0 Å². The fourth-order valence-corrected chi connectivity index (χ4v) is 2.83. The molecule has 2 saturated heterocycles. The van der Waals surface area contributed by atoms with E-state index in [0.29, 0.717) is 6.42 Å². The summed E-state index contributed by atoms with van der Waals surface area (Å²) in [6.07, 6.45) is -12.3. The zero-order valence-electron chi connectivity index (χ0n) is 13.5. The smallest absolute Gasteiger partial charge is 0.186 e. The van der Waals surface area contributed by atoms with Crippen LogP contribution in [-0.2, 0) is 18.9 Å². The van der Waals surface area contributed by atoms with E-state index in [9.17, 15) is 30.6 Å². The highest BCUT2D eigenvalue weighted by molar-refractivity contribution is 4.91. The molecule has 2 aliphatic rings. The van der Waals surface area contributed by atoms with E-state index in [4.69, 9.17) is 18.9 Å². The molecule has 0 aliphatic carbocycles. The summed E-state index contributed by atoms with van der Waals surface area (Å²) in [5.41, 5.74) is 0. The highest BCUT2D eigenvalue weighted by Crippen LogP contribution is 2.26. The van der Waals surface area contributed by atoms with E-state index >= 15 is 0 Å². The molecule has 0 radical (unpaired) electrons. The van der Waals surface area contributed by atoms with E-state index in [1.165, 1.54) is 7.11 Å². The molecule has 0 saturated carbocycles. The molecule has 2 fully saturated rings. The maximum Gasteiger partial charge on any atom is 0.186 e. The average molecular weight is 354 g/mol. The molecular weight excluding hydrogens is 328 g/mol. The van der Waals surface area contributed by atoms with Crippen molar-refractivity contribution in [3.8, 4) is 0 Å². The van der Waals surface area contributed by atoms with Crippen molar-refractivity contribution >= 4 is 0 Å². The van der Waals surface area contributed by atoms with Gasteiger partial charge in [-0.25, -0.2) is 0 Å². The molecule has 10 nitrogen and oxygen atoms in total. The summed E-state index contributed by atoms with van der Waals surface area (Å²) in [6, 6.07) is 0. The zero-order chi connectivity index (χ0) is 18.0. The summed E-state index contributed by atoms with van der Waals surface area (Å²) < 4.78 is 20.9. The first-order valence-corrected chi connectivity index (χ1v) is 7.85. The Kier molecular flexibility index (Phi) is 6.90. The maximum absolute atomic E-state index is 9.95. The summed E-state index contributed by atoms with van der Waals surface area (Å²) >= 11 is 0. The van der Waals surface area contributed by atoms with Crippen molar-refractivity contribution in [2.75, 3.05) is 13.7 Å². The minimum atomic E-state index is -1.50. The zero-order valence-corrected chi connectivity index (χ0v) is 13.5. The Labute approximate surface area is 139 Å². The number of hydrogen-bond acceptors (Lipinski definition) is 10. The summed E-state index contributed by atoms with van der Waals surface area (Å²) in [4.78, 5) is 0. The Hall–Kier alpha value is -0.400. The molecule has 6 N–H and O–H groups in total. The standard InChI is InChI=1S/C14H26O10/c1-3-5-7(15)9(17)12(20)14(23-5)22-4-6-8(16)10(18)11(19)13(21-2)24-6/h5-20H,3-4H2,1-2H3/t5-,6-,7-,8-,9+,10+,11-,12-,13-,14?/m1/s1. The Bertz CT molecular complexity index is 356. The number of aliphatic hydroxyl groups excluding tert-OH is 6. The third-order valence-electron chi connectivity index (χ3n) is 4.40. The third-order valence-corrected chi connectivity index (χ3v) is 4.40. The predicted molar refractivity (Wildman–Crippen MR) is 76.6 cm³/mol. The molecule has 0 aromatic rings. The van der Waals surface area contributed by atoms with Gasteiger partial charge in [0.15, 0.2) is 12.6 Å². The first-order chi connectivity index (χ1) is 11.3. The molecule has 2 rings (SSSR count). The van der Waals surface area contributed by atoms with E-state index < -0.39 is 61.4 Å². The van der Waals surface area contributed by atoms with E-state index in [-0.39, 0.29) is 6.61 Å². The van der Waals surface area contributed by atoms with Crippen molar-refractivity contribution in [1.82, 2.24) is 0 Å². The first-order valence-electron chi connectivity index (χ1n) is 7.85. The lowest BCUT2D eigenvalue weighted by Crippen LogP contribution is -2.61. The van der Waals surface area contributed by atoms with Crippen LogP contribution in [0.25, 0.3) is 0 Å². The second kappa shape index (κ2) is 8.32. The van der Waals surface area contributed by atoms with E-state index in [2.05, 4.69) is 0 Å². The quantitative estimate of drug-likeness (QED) is 0.295. The minimum absolute atomic E-state index is 0.300. The Morgan fingerprint density at radius 3 is 1.75 bits per heavy atom. The summed E-state index contributed by atoms with van der Waals surface area (Å²) in [5, 5.41) is 59.0. The van der Waals surface area contributed by atoms with Gasteiger partial charge in [-0.05, 0) is 6.42 Å². The predicted octanol–water partition coefficient (Wildman–Crippen LogP) is -3.33. The van der Waals surface area contributed by atoms with Gasteiger partial charge in [0.2, 0.25) is 0 Å². The van der Waals surface area contributed by atoms with Crippen molar-refractivity contribution in [1.29, 1.82) is 0 Å². The van der Waals surface area contributed by atoms with Gasteiger partial charge >= 0.3 is 0 Å².